The van der Waals surface area contributed by atoms with Gasteiger partial charge in [-0.3, -0.25) is 30.3 Å². The molecule has 0 aliphatic carbocycles. The minimum Gasteiger partial charge on any atom is -0.358 e. The van der Waals surface area contributed by atoms with Gasteiger partial charge in [0.15, 0.2) is 0 Å². The van der Waals surface area contributed by atoms with Crippen molar-refractivity contribution in [2.24, 2.45) is 0 Å². The molecule has 4 rings (SSSR count). The average Bonchev–Trinajstić information content (AvgIpc) is 2.81. The second kappa shape index (κ2) is 7.72. The fraction of sp³-hybridized carbons (Fsp3) is 0. The van der Waals surface area contributed by atoms with Gasteiger partial charge in [-0.05, 0) is 29.7 Å². The van der Waals surface area contributed by atoms with E-state index in [4.69, 9.17) is 0 Å². The van der Waals surface area contributed by atoms with Gasteiger partial charge in [0.1, 0.15) is 0 Å². The van der Waals surface area contributed by atoms with Crippen molar-refractivity contribution < 1.29 is 29.5 Å². The zero-order chi connectivity index (χ0) is 26.6. The summed E-state index contributed by atoms with van der Waals surface area (Å²) in [5, 5.41) is 67.1. The van der Waals surface area contributed by atoms with Crippen molar-refractivity contribution in [3.63, 3.8) is 0 Å². The van der Waals surface area contributed by atoms with Gasteiger partial charge >= 0.3 is 34.5 Å². The lowest BCUT2D eigenvalue weighted by atomic mass is 10.0. The Balaban J connectivity index is 2.42. The van der Waals surface area contributed by atoms with Crippen molar-refractivity contribution in [2.45, 2.75) is 0 Å². The summed E-state index contributed by atoms with van der Waals surface area (Å²) in [6.45, 7) is 0. The monoisotopic (exact) mass is 501 g/mol. The van der Waals surface area contributed by atoms with Crippen molar-refractivity contribution in [3.05, 3.63) is 78.9 Å². The molecule has 21 heteroatoms. The van der Waals surface area contributed by atoms with Gasteiger partial charge in [-0.25, -0.2) is 0 Å². The third-order valence-corrected chi connectivity index (χ3v) is 4.84. The van der Waals surface area contributed by atoms with Crippen molar-refractivity contribution in [3.8, 4) is 0 Å². The quantitative estimate of drug-likeness (QED) is 0.208. The van der Waals surface area contributed by atoms with Crippen molar-refractivity contribution >= 4 is 67.2 Å². The first kappa shape index (κ1) is 23.0. The predicted molar refractivity (Wildman–Crippen MR) is 112 cm³/mol. The third kappa shape index (κ3) is 3.31. The van der Waals surface area contributed by atoms with Gasteiger partial charge in [-0.15, -0.1) is 0 Å². The van der Waals surface area contributed by atoms with E-state index in [2.05, 4.69) is 15.0 Å². The molecular weight excluding hydrogens is 498 g/mol. The van der Waals surface area contributed by atoms with E-state index < -0.39 is 96.8 Å². The molecule has 180 valence electrons. The first-order valence-corrected chi connectivity index (χ1v) is 8.86. The maximum atomic E-state index is 11.4. The number of benzene rings is 2. The zero-order valence-electron chi connectivity index (χ0n) is 16.7. The van der Waals surface area contributed by atoms with E-state index in [1.165, 1.54) is 0 Å². The lowest BCUT2D eigenvalue weighted by molar-refractivity contribution is -0.428. The van der Waals surface area contributed by atoms with E-state index >= 15 is 0 Å². The lowest BCUT2D eigenvalue weighted by Gasteiger charge is -2.05. The van der Waals surface area contributed by atoms with Crippen molar-refractivity contribution in [2.75, 3.05) is 0 Å². The normalized spacial score (nSPS) is 11.0. The van der Waals surface area contributed by atoms with Crippen LogP contribution in [0.15, 0.2) is 18.2 Å². The van der Waals surface area contributed by atoms with Crippen molar-refractivity contribution in [1.29, 1.82) is 0 Å². The van der Waals surface area contributed by atoms with E-state index in [9.17, 15) is 60.7 Å². The molecule has 0 aliphatic heterocycles. The van der Waals surface area contributed by atoms with Gasteiger partial charge in [0.05, 0.1) is 14.8 Å². The Kier molecular flexibility index (Phi) is 4.94. The van der Waals surface area contributed by atoms with E-state index in [0.717, 1.165) is 0 Å². The molecule has 36 heavy (non-hydrogen) atoms. The molecule has 0 unspecified atom stereocenters. The molecule has 21 nitrogen and oxygen atoms in total. The zero-order valence-corrected chi connectivity index (χ0v) is 16.7. The Labute approximate surface area is 191 Å². The van der Waals surface area contributed by atoms with Crippen LogP contribution in [0, 0.1) is 60.7 Å². The number of nitro groups is 6. The van der Waals surface area contributed by atoms with Crippen molar-refractivity contribution in [1.82, 2.24) is 15.0 Å². The number of hydrogen-bond acceptors (Lipinski definition) is 15. The molecule has 0 amide bonds. The minimum atomic E-state index is -1.42. The molecule has 0 atom stereocenters. The number of hydrogen-bond donors (Lipinski definition) is 0. The fourth-order valence-electron chi connectivity index (χ4n) is 3.45. The standard InChI is InChI=1S/C15H3N9O12/c25-19(26)7-1-4-5(2-8(7)20(27)28)11-12(18-15(24(35)36)14(17-11)23(33)34)10-6(4)3-9(21(29)30)13(16-10)22(31)32/h1-3H. The number of nitrogens with zero attached hydrogens (tertiary/aromatic N) is 9. The van der Waals surface area contributed by atoms with Gasteiger partial charge in [0, 0.05) is 34.4 Å². The Morgan fingerprint density at radius 1 is 0.417 bits per heavy atom. The highest BCUT2D eigenvalue weighted by Gasteiger charge is 2.38. The Hall–Kier alpha value is -6.15. The molecule has 0 saturated carbocycles. The molecule has 0 spiro atoms. The smallest absolute Gasteiger partial charge is 0.358 e. The molecule has 0 N–H and O–H groups in total. The maximum Gasteiger partial charge on any atom is 0.463 e. The van der Waals surface area contributed by atoms with E-state index in [0.29, 0.717) is 18.2 Å². The Morgan fingerprint density at radius 2 is 0.750 bits per heavy atom. The van der Waals surface area contributed by atoms with E-state index in [1.807, 2.05) is 0 Å². The topological polar surface area (TPSA) is 298 Å². The number of nitro benzene ring substituents is 2. The molecule has 2 heterocycles. The van der Waals surface area contributed by atoms with Gasteiger partial charge in [-0.2, -0.15) is 0 Å². The van der Waals surface area contributed by atoms with Crippen LogP contribution in [0.3, 0.4) is 0 Å². The Bertz CT molecular complexity index is 1410. The molecule has 0 fully saturated rings. The number of rotatable bonds is 6. The Morgan fingerprint density at radius 3 is 1.14 bits per heavy atom. The molecule has 2 aromatic heterocycles. The summed E-state index contributed by atoms with van der Waals surface area (Å²) in [6.07, 6.45) is 0. The van der Waals surface area contributed by atoms with Gasteiger partial charge in [0.2, 0.25) is 11.0 Å². The summed E-state index contributed by atoms with van der Waals surface area (Å²) in [6, 6.07) is 1.75. The number of fused-ring (bicyclic) bond motifs is 6. The summed E-state index contributed by atoms with van der Waals surface area (Å²) in [4.78, 5) is 71.7. The lowest BCUT2D eigenvalue weighted by Crippen LogP contribution is -2.05. The largest absolute Gasteiger partial charge is 0.463 e. The van der Waals surface area contributed by atoms with Crippen LogP contribution >= 0.6 is 0 Å². The summed E-state index contributed by atoms with van der Waals surface area (Å²) < 4.78 is 0. The number of aromatic nitrogens is 3. The molecular formula is C15H3N9O12. The van der Waals surface area contributed by atoms with Gasteiger partial charge < -0.3 is 30.3 Å². The minimum absolute atomic E-state index is 0.405. The average molecular weight is 501 g/mol. The molecule has 0 saturated heterocycles. The number of pyridine rings is 1. The van der Waals surface area contributed by atoms with Crippen LogP contribution in [0.4, 0.5) is 34.5 Å². The van der Waals surface area contributed by atoms with Crippen LogP contribution in [0.5, 0.6) is 0 Å². The van der Waals surface area contributed by atoms with Gasteiger partial charge in [-0.1, -0.05) is 0 Å². The second-order valence-electron chi connectivity index (χ2n) is 6.72. The molecule has 0 radical (unpaired) electrons. The predicted octanol–water partition coefficient (Wildman–Crippen LogP) is 2.78. The van der Waals surface area contributed by atoms with E-state index in [-0.39, 0.29) is 0 Å². The first-order chi connectivity index (χ1) is 16.8. The SMILES string of the molecule is O=[N+]([O-])c1cc2c3cc([N+](=O)[O-])c([N+](=O)[O-])nc3c3nc([N+](=O)[O-])c([N+](=O)[O-])nc3c2cc1[N+](=O)[O-]. The van der Waals surface area contributed by atoms with Crippen LogP contribution in [-0.2, 0) is 0 Å². The fourth-order valence-corrected chi connectivity index (χ4v) is 3.45. The summed E-state index contributed by atoms with van der Waals surface area (Å²) in [7, 11) is 0. The van der Waals surface area contributed by atoms with E-state index in [1.54, 1.807) is 0 Å². The first-order valence-electron chi connectivity index (χ1n) is 8.86. The van der Waals surface area contributed by atoms with Crippen LogP contribution in [0.2, 0.25) is 0 Å². The van der Waals surface area contributed by atoms with Crippen LogP contribution in [0.1, 0.15) is 0 Å². The van der Waals surface area contributed by atoms with Crippen LogP contribution in [-0.4, -0.2) is 44.5 Å². The maximum absolute atomic E-state index is 11.4. The summed E-state index contributed by atoms with van der Waals surface area (Å²) in [5.74, 6) is -4.18. The molecule has 0 bridgehead atoms. The molecule has 0 aliphatic rings. The molecule has 2 aromatic carbocycles. The van der Waals surface area contributed by atoms with Crippen LogP contribution in [0.25, 0.3) is 32.7 Å². The second-order valence-corrected chi connectivity index (χ2v) is 6.72. The highest BCUT2D eigenvalue weighted by molar-refractivity contribution is 6.23. The van der Waals surface area contributed by atoms with Gasteiger partial charge in [0.25, 0.3) is 5.52 Å². The highest BCUT2D eigenvalue weighted by atomic mass is 16.7. The summed E-state index contributed by atoms with van der Waals surface area (Å²) in [5.41, 5.74) is -5.43. The highest BCUT2D eigenvalue weighted by Crippen LogP contribution is 2.42. The van der Waals surface area contributed by atoms with Crippen LogP contribution < -0.4 is 0 Å². The molecule has 4 aromatic rings. The third-order valence-electron chi connectivity index (χ3n) is 4.84. The summed E-state index contributed by atoms with van der Waals surface area (Å²) >= 11 is 0.